The van der Waals surface area contributed by atoms with E-state index in [0.29, 0.717) is 5.92 Å². The van der Waals surface area contributed by atoms with E-state index >= 15 is 0 Å². The summed E-state index contributed by atoms with van der Waals surface area (Å²) in [4.78, 5) is 2.41. The first kappa shape index (κ1) is 15.0. The smallest absolute Gasteiger partial charge is 0.0726 e. The van der Waals surface area contributed by atoms with E-state index in [-0.39, 0.29) is 0 Å². The van der Waals surface area contributed by atoms with Gasteiger partial charge in [0, 0.05) is 19.3 Å². The first-order valence-electron chi connectivity index (χ1n) is 7.18. The van der Waals surface area contributed by atoms with Gasteiger partial charge in [0.15, 0.2) is 0 Å². The van der Waals surface area contributed by atoms with Gasteiger partial charge in [-0.2, -0.15) is 5.10 Å². The van der Waals surface area contributed by atoms with Crippen LogP contribution in [-0.2, 0) is 6.54 Å². The number of rotatable bonds is 9. The Morgan fingerprint density at radius 2 is 2.06 bits per heavy atom. The van der Waals surface area contributed by atoms with Crippen molar-refractivity contribution in [1.82, 2.24) is 14.7 Å². The maximum absolute atomic E-state index is 4.39. The third kappa shape index (κ3) is 5.08. The van der Waals surface area contributed by atoms with Crippen LogP contribution in [0.25, 0.3) is 0 Å². The van der Waals surface area contributed by atoms with Crippen LogP contribution in [-0.4, -0.2) is 40.9 Å². The molecule has 0 aliphatic rings. The number of nitrogens with zero attached hydrogens (tertiary/aromatic N) is 3. The Labute approximate surface area is 111 Å². The lowest BCUT2D eigenvalue weighted by molar-refractivity contribution is 0.285. The zero-order valence-corrected chi connectivity index (χ0v) is 12.3. The van der Waals surface area contributed by atoms with Gasteiger partial charge in [-0.05, 0) is 19.0 Å². The Morgan fingerprint density at radius 1 is 1.33 bits per heavy atom. The van der Waals surface area contributed by atoms with Crippen molar-refractivity contribution >= 4 is 5.69 Å². The molecule has 0 saturated heterocycles. The van der Waals surface area contributed by atoms with Crippen molar-refractivity contribution in [1.29, 1.82) is 0 Å². The lowest BCUT2D eigenvalue weighted by Gasteiger charge is -2.17. The summed E-state index contributed by atoms with van der Waals surface area (Å²) < 4.78 is 2.03. The molecule has 0 amide bonds. The van der Waals surface area contributed by atoms with Crippen molar-refractivity contribution in [3.63, 3.8) is 0 Å². The molecule has 18 heavy (non-hydrogen) atoms. The molecule has 0 spiro atoms. The number of hydrogen-bond donors (Lipinski definition) is 1. The summed E-state index contributed by atoms with van der Waals surface area (Å²) in [6, 6.07) is 0. The maximum atomic E-state index is 4.39. The molecule has 1 aromatic heterocycles. The monoisotopic (exact) mass is 252 g/mol. The minimum absolute atomic E-state index is 0.712. The Balaban J connectivity index is 2.34. The summed E-state index contributed by atoms with van der Waals surface area (Å²) in [6.07, 6.45) is 5.24. The molecule has 4 heteroatoms. The molecular weight excluding hydrogens is 224 g/mol. The van der Waals surface area contributed by atoms with Gasteiger partial charge in [0.1, 0.15) is 0 Å². The fourth-order valence-electron chi connectivity index (χ4n) is 1.80. The van der Waals surface area contributed by atoms with Gasteiger partial charge in [0.25, 0.3) is 0 Å². The topological polar surface area (TPSA) is 33.1 Å². The molecule has 0 bridgehead atoms. The summed E-state index contributed by atoms with van der Waals surface area (Å²) in [5, 5.41) is 7.82. The van der Waals surface area contributed by atoms with Gasteiger partial charge in [0.2, 0.25) is 0 Å². The standard InChI is InChI=1S/C14H28N4/c1-5-13(4)10-15-14-11-16-18(12-14)9-8-17(6-2)7-3/h11-13,15H,5-10H2,1-4H3. The molecule has 0 radical (unpaired) electrons. The molecule has 4 nitrogen and oxygen atoms in total. The molecular formula is C14H28N4. The van der Waals surface area contributed by atoms with E-state index in [1.165, 1.54) is 6.42 Å². The van der Waals surface area contributed by atoms with Crippen LogP contribution in [0.1, 0.15) is 34.1 Å². The fraction of sp³-hybridized carbons (Fsp3) is 0.786. The van der Waals surface area contributed by atoms with Crippen molar-refractivity contribution in [2.45, 2.75) is 40.7 Å². The third-order valence-corrected chi connectivity index (χ3v) is 3.52. The SMILES string of the molecule is CCC(C)CNc1cnn(CCN(CC)CC)c1. The van der Waals surface area contributed by atoms with E-state index in [9.17, 15) is 0 Å². The van der Waals surface area contributed by atoms with Gasteiger partial charge in [-0.15, -0.1) is 0 Å². The van der Waals surface area contributed by atoms with Crippen LogP contribution in [0.2, 0.25) is 0 Å². The van der Waals surface area contributed by atoms with Crippen LogP contribution in [0.3, 0.4) is 0 Å². The van der Waals surface area contributed by atoms with E-state index in [0.717, 1.165) is 38.4 Å². The molecule has 0 fully saturated rings. The largest absolute Gasteiger partial charge is 0.382 e. The highest BCUT2D eigenvalue weighted by atomic mass is 15.3. The van der Waals surface area contributed by atoms with Crippen LogP contribution < -0.4 is 5.32 Å². The van der Waals surface area contributed by atoms with Crippen molar-refractivity contribution in [3.05, 3.63) is 12.4 Å². The van der Waals surface area contributed by atoms with Crippen LogP contribution in [0.4, 0.5) is 5.69 Å². The quantitative estimate of drug-likeness (QED) is 0.733. The van der Waals surface area contributed by atoms with Crippen LogP contribution >= 0.6 is 0 Å². The summed E-state index contributed by atoms with van der Waals surface area (Å²) in [6.45, 7) is 14.2. The molecule has 104 valence electrons. The van der Waals surface area contributed by atoms with Gasteiger partial charge < -0.3 is 10.2 Å². The van der Waals surface area contributed by atoms with Gasteiger partial charge in [0.05, 0.1) is 18.4 Å². The van der Waals surface area contributed by atoms with Gasteiger partial charge in [-0.1, -0.05) is 34.1 Å². The molecule has 1 heterocycles. The normalized spacial score (nSPS) is 12.9. The van der Waals surface area contributed by atoms with Crippen molar-refractivity contribution in [2.24, 2.45) is 5.92 Å². The molecule has 1 atom stereocenters. The van der Waals surface area contributed by atoms with Crippen molar-refractivity contribution in [2.75, 3.05) is 31.5 Å². The molecule has 1 N–H and O–H groups in total. The summed E-state index contributed by atoms with van der Waals surface area (Å²) in [5.74, 6) is 0.712. The average molecular weight is 252 g/mol. The van der Waals surface area contributed by atoms with Gasteiger partial charge in [-0.25, -0.2) is 0 Å². The predicted molar refractivity (Wildman–Crippen MR) is 78.0 cm³/mol. The van der Waals surface area contributed by atoms with Gasteiger partial charge in [-0.3, -0.25) is 4.68 Å². The highest BCUT2D eigenvalue weighted by Crippen LogP contribution is 2.07. The Bertz CT molecular complexity index is 317. The third-order valence-electron chi connectivity index (χ3n) is 3.52. The highest BCUT2D eigenvalue weighted by molar-refractivity contribution is 5.37. The fourth-order valence-corrected chi connectivity index (χ4v) is 1.80. The molecule has 1 unspecified atom stereocenters. The first-order valence-corrected chi connectivity index (χ1v) is 7.18. The predicted octanol–water partition coefficient (Wildman–Crippen LogP) is 2.68. The second kappa shape index (κ2) is 8.14. The van der Waals surface area contributed by atoms with E-state index in [1.54, 1.807) is 0 Å². The first-order chi connectivity index (χ1) is 8.69. The summed E-state index contributed by atoms with van der Waals surface area (Å²) >= 11 is 0. The van der Waals surface area contributed by atoms with Crippen LogP contribution in [0.15, 0.2) is 12.4 Å². The molecule has 0 aliphatic carbocycles. The number of aromatic nitrogens is 2. The van der Waals surface area contributed by atoms with E-state index in [1.807, 2.05) is 10.9 Å². The van der Waals surface area contributed by atoms with Crippen LogP contribution in [0.5, 0.6) is 0 Å². The zero-order chi connectivity index (χ0) is 13.4. The molecule has 0 saturated carbocycles. The lowest BCUT2D eigenvalue weighted by atomic mass is 10.1. The minimum Gasteiger partial charge on any atom is -0.382 e. The summed E-state index contributed by atoms with van der Waals surface area (Å²) in [5.41, 5.74) is 1.13. The Hall–Kier alpha value is -1.03. The Morgan fingerprint density at radius 3 is 2.67 bits per heavy atom. The van der Waals surface area contributed by atoms with E-state index < -0.39 is 0 Å². The minimum atomic E-state index is 0.712. The number of likely N-dealkylation sites (N-methyl/N-ethyl adjacent to an activating group) is 1. The number of nitrogens with one attached hydrogen (secondary N) is 1. The second-order valence-corrected chi connectivity index (χ2v) is 4.91. The van der Waals surface area contributed by atoms with E-state index in [2.05, 4.69) is 49.2 Å². The molecule has 0 aromatic carbocycles. The van der Waals surface area contributed by atoms with Crippen LogP contribution in [0, 0.1) is 5.92 Å². The van der Waals surface area contributed by atoms with Crippen molar-refractivity contribution in [3.8, 4) is 0 Å². The molecule has 1 aromatic rings. The summed E-state index contributed by atoms with van der Waals surface area (Å²) in [7, 11) is 0. The number of anilines is 1. The maximum Gasteiger partial charge on any atom is 0.0726 e. The number of hydrogen-bond acceptors (Lipinski definition) is 3. The lowest BCUT2D eigenvalue weighted by Crippen LogP contribution is -2.27. The molecule has 0 aliphatic heterocycles. The van der Waals surface area contributed by atoms with E-state index in [4.69, 9.17) is 0 Å². The average Bonchev–Trinajstić information content (AvgIpc) is 2.85. The second-order valence-electron chi connectivity index (χ2n) is 4.91. The molecule has 1 rings (SSSR count). The highest BCUT2D eigenvalue weighted by Gasteiger charge is 2.03. The van der Waals surface area contributed by atoms with Crippen molar-refractivity contribution < 1.29 is 0 Å². The zero-order valence-electron chi connectivity index (χ0n) is 12.3. The van der Waals surface area contributed by atoms with Gasteiger partial charge >= 0.3 is 0 Å². The Kier molecular flexibility index (Phi) is 6.80.